The largest absolute Gasteiger partial charge is 0.454 e. The van der Waals surface area contributed by atoms with Gasteiger partial charge in [-0.25, -0.2) is 0 Å². The van der Waals surface area contributed by atoms with Crippen LogP contribution in [-0.2, 0) is 9.53 Å². The number of nitrogens with one attached hydrogen (secondary N) is 1. The van der Waals surface area contributed by atoms with E-state index in [-0.39, 0.29) is 12.7 Å². The summed E-state index contributed by atoms with van der Waals surface area (Å²) < 4.78 is 16.2. The number of hydrogen-bond acceptors (Lipinski definition) is 6. The van der Waals surface area contributed by atoms with E-state index in [1.54, 1.807) is 0 Å². The first-order valence-corrected chi connectivity index (χ1v) is 7.59. The molecule has 0 aromatic heterocycles. The summed E-state index contributed by atoms with van der Waals surface area (Å²) in [4.78, 5) is 16.4. The molecule has 22 heavy (non-hydrogen) atoms. The highest BCUT2D eigenvalue weighted by Gasteiger charge is 2.28. The van der Waals surface area contributed by atoms with Crippen molar-refractivity contribution in [2.45, 2.75) is 0 Å². The summed E-state index contributed by atoms with van der Waals surface area (Å²) in [6, 6.07) is 3.80. The summed E-state index contributed by atoms with van der Waals surface area (Å²) in [6.45, 7) is 5.46. The molecule has 1 fully saturated rings. The zero-order valence-electron chi connectivity index (χ0n) is 12.3. The van der Waals surface area contributed by atoms with Gasteiger partial charge >= 0.3 is 0 Å². The standard InChI is InChI=1S/C15H19N3O4/c19-15-9-16-11-7-13-14(22-10-21-13)8-12(11)18(15)2-1-17-3-5-20-6-4-17/h7-8,16H,1-6,9-10H2. The molecule has 0 atom stereocenters. The quantitative estimate of drug-likeness (QED) is 0.878. The number of hydrogen-bond donors (Lipinski definition) is 1. The van der Waals surface area contributed by atoms with Crippen LogP contribution in [0.25, 0.3) is 0 Å². The molecule has 0 saturated carbocycles. The predicted molar refractivity (Wildman–Crippen MR) is 80.7 cm³/mol. The first-order chi connectivity index (χ1) is 10.8. The SMILES string of the molecule is O=C1CNc2cc3c(cc2N1CCN1CCOCC1)OCO3. The van der Waals surface area contributed by atoms with Crippen molar-refractivity contribution in [1.29, 1.82) is 0 Å². The minimum atomic E-state index is 0.0830. The highest BCUT2D eigenvalue weighted by atomic mass is 16.7. The third kappa shape index (κ3) is 2.46. The van der Waals surface area contributed by atoms with Crippen molar-refractivity contribution in [3.63, 3.8) is 0 Å². The molecular formula is C15H19N3O4. The molecule has 3 heterocycles. The molecule has 0 unspecified atom stereocenters. The molecule has 0 bridgehead atoms. The van der Waals surface area contributed by atoms with E-state index in [2.05, 4.69) is 10.2 Å². The Morgan fingerprint density at radius 3 is 2.68 bits per heavy atom. The lowest BCUT2D eigenvalue weighted by Crippen LogP contribution is -2.46. The van der Waals surface area contributed by atoms with Crippen LogP contribution in [0.5, 0.6) is 11.5 Å². The third-order valence-electron chi connectivity index (χ3n) is 4.26. The summed E-state index contributed by atoms with van der Waals surface area (Å²) in [5.74, 6) is 1.51. The Balaban J connectivity index is 1.53. The maximum Gasteiger partial charge on any atom is 0.246 e. The van der Waals surface area contributed by atoms with Gasteiger partial charge in [0, 0.05) is 38.3 Å². The van der Waals surface area contributed by atoms with Crippen LogP contribution < -0.4 is 19.7 Å². The Labute approximate surface area is 128 Å². The van der Waals surface area contributed by atoms with Gasteiger partial charge in [0.1, 0.15) is 0 Å². The van der Waals surface area contributed by atoms with E-state index in [1.807, 2.05) is 17.0 Å². The zero-order chi connectivity index (χ0) is 14.9. The maximum atomic E-state index is 12.3. The first kappa shape index (κ1) is 13.7. The summed E-state index contributed by atoms with van der Waals surface area (Å²) >= 11 is 0. The second-order valence-corrected chi connectivity index (χ2v) is 5.58. The molecule has 1 saturated heterocycles. The monoisotopic (exact) mass is 305 g/mol. The number of anilines is 2. The maximum absolute atomic E-state index is 12.3. The molecular weight excluding hydrogens is 286 g/mol. The Bertz CT molecular complexity index is 586. The highest BCUT2D eigenvalue weighted by Crippen LogP contribution is 2.42. The van der Waals surface area contributed by atoms with Gasteiger partial charge in [0.05, 0.1) is 31.1 Å². The van der Waals surface area contributed by atoms with Crippen LogP contribution in [0.1, 0.15) is 0 Å². The molecule has 0 radical (unpaired) electrons. The van der Waals surface area contributed by atoms with Gasteiger partial charge in [-0.2, -0.15) is 0 Å². The van der Waals surface area contributed by atoms with Gasteiger partial charge in [-0.3, -0.25) is 9.69 Å². The molecule has 3 aliphatic rings. The predicted octanol–water partition coefficient (Wildman–Crippen LogP) is 0.506. The van der Waals surface area contributed by atoms with Crippen LogP contribution >= 0.6 is 0 Å². The Hall–Kier alpha value is -1.99. The number of amides is 1. The second-order valence-electron chi connectivity index (χ2n) is 5.58. The third-order valence-corrected chi connectivity index (χ3v) is 4.26. The van der Waals surface area contributed by atoms with E-state index in [1.165, 1.54) is 0 Å². The van der Waals surface area contributed by atoms with E-state index in [9.17, 15) is 4.79 Å². The molecule has 7 heteroatoms. The molecule has 1 aromatic carbocycles. The Kier molecular flexibility index (Phi) is 3.51. The van der Waals surface area contributed by atoms with Gasteiger partial charge in [0.2, 0.25) is 12.7 Å². The number of morpholine rings is 1. The molecule has 1 aromatic rings. The summed E-state index contributed by atoms with van der Waals surface area (Å²) in [7, 11) is 0. The van der Waals surface area contributed by atoms with Crippen molar-refractivity contribution < 1.29 is 19.0 Å². The lowest BCUT2D eigenvalue weighted by molar-refractivity contribution is -0.117. The average Bonchev–Trinajstić information content (AvgIpc) is 3.00. The van der Waals surface area contributed by atoms with Crippen LogP contribution in [0, 0.1) is 0 Å². The molecule has 3 aliphatic heterocycles. The number of ether oxygens (including phenoxy) is 3. The highest BCUT2D eigenvalue weighted by molar-refractivity contribution is 6.03. The lowest BCUT2D eigenvalue weighted by Gasteiger charge is -2.33. The first-order valence-electron chi connectivity index (χ1n) is 7.59. The fourth-order valence-electron chi connectivity index (χ4n) is 3.01. The fourth-order valence-corrected chi connectivity index (χ4v) is 3.01. The van der Waals surface area contributed by atoms with Gasteiger partial charge in [-0.15, -0.1) is 0 Å². The number of benzene rings is 1. The zero-order valence-corrected chi connectivity index (χ0v) is 12.3. The number of fused-ring (bicyclic) bond motifs is 2. The van der Waals surface area contributed by atoms with Crippen LogP contribution in [0.15, 0.2) is 12.1 Å². The minimum Gasteiger partial charge on any atom is -0.454 e. The molecule has 7 nitrogen and oxygen atoms in total. The van der Waals surface area contributed by atoms with Crippen molar-refractivity contribution >= 4 is 17.3 Å². The van der Waals surface area contributed by atoms with Crippen LogP contribution in [0.3, 0.4) is 0 Å². The van der Waals surface area contributed by atoms with Crippen molar-refractivity contribution in [2.75, 3.05) is 62.9 Å². The van der Waals surface area contributed by atoms with Gasteiger partial charge < -0.3 is 24.4 Å². The van der Waals surface area contributed by atoms with Gasteiger partial charge in [-0.05, 0) is 0 Å². The lowest BCUT2D eigenvalue weighted by atomic mass is 10.1. The summed E-state index contributed by atoms with van der Waals surface area (Å²) in [6.07, 6.45) is 0. The molecule has 0 spiro atoms. The molecule has 1 amide bonds. The van der Waals surface area contributed by atoms with Crippen molar-refractivity contribution in [3.8, 4) is 11.5 Å². The second kappa shape index (κ2) is 5.66. The van der Waals surface area contributed by atoms with E-state index in [0.29, 0.717) is 18.8 Å². The van der Waals surface area contributed by atoms with E-state index < -0.39 is 0 Å². The van der Waals surface area contributed by atoms with Crippen LogP contribution in [0.4, 0.5) is 11.4 Å². The van der Waals surface area contributed by atoms with E-state index in [0.717, 1.165) is 50.0 Å². The van der Waals surface area contributed by atoms with Gasteiger partial charge in [0.15, 0.2) is 11.5 Å². The summed E-state index contributed by atoms with van der Waals surface area (Å²) in [5.41, 5.74) is 1.79. The fraction of sp³-hybridized carbons (Fsp3) is 0.533. The van der Waals surface area contributed by atoms with Gasteiger partial charge in [0.25, 0.3) is 0 Å². The van der Waals surface area contributed by atoms with Crippen molar-refractivity contribution in [1.82, 2.24) is 4.90 Å². The molecule has 0 aliphatic carbocycles. The van der Waals surface area contributed by atoms with Crippen molar-refractivity contribution in [2.24, 2.45) is 0 Å². The minimum absolute atomic E-state index is 0.0830. The molecule has 1 N–H and O–H groups in total. The van der Waals surface area contributed by atoms with Crippen LogP contribution in [0.2, 0.25) is 0 Å². The number of carbonyl (C=O) groups excluding carboxylic acids is 1. The van der Waals surface area contributed by atoms with E-state index >= 15 is 0 Å². The summed E-state index contributed by atoms with van der Waals surface area (Å²) in [5, 5.41) is 3.15. The van der Waals surface area contributed by atoms with Crippen LogP contribution in [-0.4, -0.2) is 63.5 Å². The molecule has 118 valence electrons. The number of carbonyl (C=O) groups is 1. The Morgan fingerprint density at radius 1 is 1.09 bits per heavy atom. The average molecular weight is 305 g/mol. The molecule has 4 rings (SSSR count). The van der Waals surface area contributed by atoms with Gasteiger partial charge in [-0.1, -0.05) is 0 Å². The number of rotatable bonds is 3. The van der Waals surface area contributed by atoms with E-state index in [4.69, 9.17) is 14.2 Å². The smallest absolute Gasteiger partial charge is 0.246 e. The Morgan fingerprint density at radius 2 is 1.86 bits per heavy atom. The number of nitrogens with zero attached hydrogens (tertiary/aromatic N) is 2. The normalized spacial score (nSPS) is 20.7. The van der Waals surface area contributed by atoms with Crippen molar-refractivity contribution in [3.05, 3.63) is 12.1 Å². The topological polar surface area (TPSA) is 63.3 Å².